The largest absolute Gasteiger partial charge is 0.484 e. The number of ether oxygens (including phenoxy) is 1. The van der Waals surface area contributed by atoms with Gasteiger partial charge < -0.3 is 16.2 Å². The van der Waals surface area contributed by atoms with E-state index in [1.807, 2.05) is 24.3 Å². The van der Waals surface area contributed by atoms with Crippen LogP contribution >= 0.6 is 12.4 Å². The predicted octanol–water partition coefficient (Wildman–Crippen LogP) is 2.71. The minimum absolute atomic E-state index is 0. The van der Waals surface area contributed by atoms with E-state index >= 15 is 0 Å². The van der Waals surface area contributed by atoms with Gasteiger partial charge >= 0.3 is 0 Å². The lowest BCUT2D eigenvalue weighted by atomic mass is 9.76. The molecule has 2 aromatic rings. The molecule has 6 heteroatoms. The van der Waals surface area contributed by atoms with Crippen molar-refractivity contribution in [2.24, 2.45) is 11.5 Å². The topological polar surface area (TPSA) is 78.3 Å². The summed E-state index contributed by atoms with van der Waals surface area (Å²) in [6.45, 7) is -0.153. The smallest absolute Gasteiger partial charge is 0.255 e. The molecule has 4 N–H and O–H groups in total. The number of rotatable bonds is 5. The minimum atomic E-state index is -0.513. The standard InChI is InChI=1S/C19H21FN2O2.ClH/c20-14-3-1-2-12(8-14)9-17-16-10-15(24-11-19(22)23)6-4-13(16)5-7-18(17)21;/h1-4,6,8,10,17-18H,5,7,9,11,21H2,(H2,22,23);1H. The first kappa shape index (κ1) is 19.2. The highest BCUT2D eigenvalue weighted by molar-refractivity contribution is 5.85. The Kier molecular flexibility index (Phi) is 6.39. The lowest BCUT2D eigenvalue weighted by molar-refractivity contribution is -0.119. The molecule has 2 unspecified atom stereocenters. The Hall–Kier alpha value is -2.11. The summed E-state index contributed by atoms with van der Waals surface area (Å²) in [5, 5.41) is 0. The Bertz CT molecular complexity index is 754. The maximum absolute atomic E-state index is 13.5. The molecule has 0 aromatic heterocycles. The molecule has 1 aliphatic carbocycles. The van der Waals surface area contributed by atoms with Crippen molar-refractivity contribution in [2.45, 2.75) is 31.2 Å². The lowest BCUT2D eigenvalue weighted by Crippen LogP contribution is -2.34. The number of hydrogen-bond donors (Lipinski definition) is 2. The fourth-order valence-electron chi connectivity index (χ4n) is 3.32. The highest BCUT2D eigenvalue weighted by Gasteiger charge is 2.27. The summed E-state index contributed by atoms with van der Waals surface area (Å²) < 4.78 is 18.9. The van der Waals surface area contributed by atoms with Crippen LogP contribution in [0.15, 0.2) is 42.5 Å². The quantitative estimate of drug-likeness (QED) is 0.856. The predicted molar refractivity (Wildman–Crippen MR) is 97.5 cm³/mol. The van der Waals surface area contributed by atoms with Crippen LogP contribution < -0.4 is 16.2 Å². The Labute approximate surface area is 152 Å². The van der Waals surface area contributed by atoms with Gasteiger partial charge in [0.25, 0.3) is 5.91 Å². The van der Waals surface area contributed by atoms with E-state index in [9.17, 15) is 9.18 Å². The highest BCUT2D eigenvalue weighted by Crippen LogP contribution is 2.35. The van der Waals surface area contributed by atoms with E-state index < -0.39 is 5.91 Å². The number of aryl methyl sites for hydroxylation is 1. The summed E-state index contributed by atoms with van der Waals surface area (Å²) in [5.41, 5.74) is 14.7. The van der Waals surface area contributed by atoms with Crippen molar-refractivity contribution in [3.8, 4) is 5.75 Å². The molecule has 0 saturated carbocycles. The number of halogens is 2. The molecular formula is C19H22ClFN2O2. The van der Waals surface area contributed by atoms with Gasteiger partial charge in [0.1, 0.15) is 11.6 Å². The van der Waals surface area contributed by atoms with Crippen LogP contribution in [0.3, 0.4) is 0 Å². The van der Waals surface area contributed by atoms with Gasteiger partial charge in [0.15, 0.2) is 6.61 Å². The summed E-state index contributed by atoms with van der Waals surface area (Å²) in [7, 11) is 0. The van der Waals surface area contributed by atoms with Gasteiger partial charge in [-0.1, -0.05) is 18.2 Å². The number of carbonyl (C=O) groups excluding carboxylic acids is 1. The first-order valence-electron chi connectivity index (χ1n) is 8.07. The van der Waals surface area contributed by atoms with Crippen molar-refractivity contribution in [2.75, 3.05) is 6.61 Å². The van der Waals surface area contributed by atoms with E-state index in [0.29, 0.717) is 12.2 Å². The zero-order chi connectivity index (χ0) is 17.1. The molecule has 25 heavy (non-hydrogen) atoms. The van der Waals surface area contributed by atoms with Crippen LogP contribution in [0.1, 0.15) is 29.0 Å². The van der Waals surface area contributed by atoms with Gasteiger partial charge in [-0.3, -0.25) is 4.79 Å². The van der Waals surface area contributed by atoms with Gasteiger partial charge in [0.2, 0.25) is 0 Å². The first-order valence-corrected chi connectivity index (χ1v) is 8.07. The number of nitrogens with two attached hydrogens (primary N) is 2. The van der Waals surface area contributed by atoms with Crippen molar-refractivity contribution in [3.05, 3.63) is 65.0 Å². The van der Waals surface area contributed by atoms with Gasteiger partial charge in [-0.15, -0.1) is 12.4 Å². The molecular weight excluding hydrogens is 343 g/mol. The molecule has 4 nitrogen and oxygen atoms in total. The lowest BCUT2D eigenvalue weighted by Gasteiger charge is -2.32. The second kappa shape index (κ2) is 8.32. The second-order valence-corrected chi connectivity index (χ2v) is 6.26. The average molecular weight is 365 g/mol. The van der Waals surface area contributed by atoms with Crippen LogP contribution in [0.4, 0.5) is 4.39 Å². The van der Waals surface area contributed by atoms with Crippen LogP contribution in [0.25, 0.3) is 0 Å². The number of amides is 1. The van der Waals surface area contributed by atoms with Crippen LogP contribution in [0, 0.1) is 5.82 Å². The van der Waals surface area contributed by atoms with E-state index in [2.05, 4.69) is 0 Å². The molecule has 0 saturated heterocycles. The molecule has 0 spiro atoms. The monoisotopic (exact) mass is 364 g/mol. The summed E-state index contributed by atoms with van der Waals surface area (Å²) in [5.74, 6) is -0.0602. The number of fused-ring (bicyclic) bond motifs is 1. The minimum Gasteiger partial charge on any atom is -0.484 e. The zero-order valence-electron chi connectivity index (χ0n) is 13.8. The second-order valence-electron chi connectivity index (χ2n) is 6.26. The molecule has 2 aromatic carbocycles. The highest BCUT2D eigenvalue weighted by atomic mass is 35.5. The molecule has 0 aliphatic heterocycles. The Morgan fingerprint density at radius 1 is 1.24 bits per heavy atom. The van der Waals surface area contributed by atoms with E-state index in [-0.39, 0.29) is 36.8 Å². The normalized spacial score (nSPS) is 18.8. The summed E-state index contributed by atoms with van der Waals surface area (Å²) in [6.07, 6.45) is 2.48. The number of benzene rings is 2. The number of primary amides is 1. The number of carbonyl (C=O) groups is 1. The molecule has 3 rings (SSSR count). The summed E-state index contributed by atoms with van der Waals surface area (Å²) >= 11 is 0. The van der Waals surface area contributed by atoms with Crippen LogP contribution in [0.2, 0.25) is 0 Å². The Morgan fingerprint density at radius 3 is 2.76 bits per heavy atom. The molecule has 2 atom stereocenters. The van der Waals surface area contributed by atoms with Crippen molar-refractivity contribution in [3.63, 3.8) is 0 Å². The molecule has 1 aliphatic rings. The molecule has 1 amide bonds. The summed E-state index contributed by atoms with van der Waals surface area (Å²) in [4.78, 5) is 10.9. The molecule has 0 bridgehead atoms. The SMILES string of the molecule is Cl.NC(=O)COc1ccc2c(c1)C(Cc1cccc(F)c1)C(N)CC2. The van der Waals surface area contributed by atoms with Crippen molar-refractivity contribution in [1.82, 2.24) is 0 Å². The third-order valence-electron chi connectivity index (χ3n) is 4.51. The van der Waals surface area contributed by atoms with Gasteiger partial charge in [-0.05, 0) is 60.2 Å². The van der Waals surface area contributed by atoms with E-state index in [4.69, 9.17) is 16.2 Å². The Morgan fingerprint density at radius 2 is 2.04 bits per heavy atom. The first-order chi connectivity index (χ1) is 11.5. The fourth-order valence-corrected chi connectivity index (χ4v) is 3.32. The van der Waals surface area contributed by atoms with Crippen LogP contribution in [0.5, 0.6) is 5.75 Å². The van der Waals surface area contributed by atoms with E-state index in [1.165, 1.54) is 11.6 Å². The van der Waals surface area contributed by atoms with Gasteiger partial charge in [0, 0.05) is 12.0 Å². The van der Waals surface area contributed by atoms with Crippen molar-refractivity contribution < 1.29 is 13.9 Å². The molecule has 0 radical (unpaired) electrons. The zero-order valence-corrected chi connectivity index (χ0v) is 14.6. The van der Waals surface area contributed by atoms with E-state index in [0.717, 1.165) is 24.0 Å². The van der Waals surface area contributed by atoms with Crippen molar-refractivity contribution in [1.29, 1.82) is 0 Å². The van der Waals surface area contributed by atoms with Crippen LogP contribution in [-0.4, -0.2) is 18.6 Å². The van der Waals surface area contributed by atoms with Gasteiger partial charge in [-0.25, -0.2) is 4.39 Å². The third-order valence-corrected chi connectivity index (χ3v) is 4.51. The molecule has 134 valence electrons. The maximum Gasteiger partial charge on any atom is 0.255 e. The molecule has 0 fully saturated rings. The van der Waals surface area contributed by atoms with Crippen molar-refractivity contribution >= 4 is 18.3 Å². The molecule has 0 heterocycles. The number of hydrogen-bond acceptors (Lipinski definition) is 3. The van der Waals surface area contributed by atoms with Crippen LogP contribution in [-0.2, 0) is 17.6 Å². The Balaban J connectivity index is 0.00000225. The summed E-state index contributed by atoms with van der Waals surface area (Å²) in [6, 6.07) is 12.4. The maximum atomic E-state index is 13.5. The van der Waals surface area contributed by atoms with Gasteiger partial charge in [0.05, 0.1) is 0 Å². The van der Waals surface area contributed by atoms with E-state index in [1.54, 1.807) is 12.1 Å². The fraction of sp³-hybridized carbons (Fsp3) is 0.316. The van der Waals surface area contributed by atoms with Gasteiger partial charge in [-0.2, -0.15) is 0 Å². The average Bonchev–Trinajstić information content (AvgIpc) is 2.55. The third kappa shape index (κ3) is 4.71.